The molecule has 1 rings (SSSR count). The normalized spacial score (nSPS) is 12.7. The number of nitrogens with zero attached hydrogens (tertiary/aromatic N) is 1. The first kappa shape index (κ1) is 14.4. The summed E-state index contributed by atoms with van der Waals surface area (Å²) in [4.78, 5) is 4.42. The Kier molecular flexibility index (Phi) is 5.57. The Hall–Kier alpha value is -1.63. The fourth-order valence-corrected chi connectivity index (χ4v) is 2.06. The molecular weight excluding hydrogens is 218 g/mol. The molecular formula is C17H23N. The fraction of sp³-hybridized carbons (Fsp3) is 0.353. The van der Waals surface area contributed by atoms with Crippen LogP contribution in [0.4, 0.5) is 0 Å². The molecule has 0 aliphatic rings. The zero-order valence-electron chi connectivity index (χ0n) is 12.0. The molecule has 0 saturated carbocycles. The highest BCUT2D eigenvalue weighted by atomic mass is 14.7. The van der Waals surface area contributed by atoms with E-state index in [9.17, 15) is 0 Å². The predicted octanol–water partition coefficient (Wildman–Crippen LogP) is 4.73. The van der Waals surface area contributed by atoms with E-state index in [1.165, 1.54) is 16.7 Å². The Labute approximate surface area is 111 Å². The monoisotopic (exact) mass is 241 g/mol. The molecule has 0 radical (unpaired) electrons. The molecule has 0 saturated heterocycles. The van der Waals surface area contributed by atoms with Gasteiger partial charge in [0.1, 0.15) is 0 Å². The number of hydrogen-bond donors (Lipinski definition) is 0. The van der Waals surface area contributed by atoms with E-state index in [4.69, 9.17) is 0 Å². The average Bonchev–Trinajstić information content (AvgIpc) is 2.35. The third kappa shape index (κ3) is 3.99. The van der Waals surface area contributed by atoms with Crippen LogP contribution in [0.5, 0.6) is 0 Å². The van der Waals surface area contributed by atoms with Crippen molar-refractivity contribution in [1.82, 2.24) is 0 Å². The SMILES string of the molecule is C=C(C)C(/N=C\C)=C(\C)Cc1cccc(CC)c1. The smallest absolute Gasteiger partial charge is 0.0641 e. The summed E-state index contributed by atoms with van der Waals surface area (Å²) in [5.74, 6) is 0. The molecule has 0 aromatic heterocycles. The van der Waals surface area contributed by atoms with Gasteiger partial charge in [0.05, 0.1) is 5.70 Å². The zero-order chi connectivity index (χ0) is 13.5. The van der Waals surface area contributed by atoms with Crippen molar-refractivity contribution in [1.29, 1.82) is 0 Å². The molecule has 0 amide bonds. The fourth-order valence-electron chi connectivity index (χ4n) is 2.06. The lowest BCUT2D eigenvalue weighted by Gasteiger charge is -2.09. The molecule has 18 heavy (non-hydrogen) atoms. The molecule has 0 N–H and O–H groups in total. The van der Waals surface area contributed by atoms with Crippen LogP contribution in [0.1, 0.15) is 38.8 Å². The average molecular weight is 241 g/mol. The van der Waals surface area contributed by atoms with Gasteiger partial charge in [-0.1, -0.05) is 37.8 Å². The van der Waals surface area contributed by atoms with Gasteiger partial charge in [0.25, 0.3) is 0 Å². The van der Waals surface area contributed by atoms with Crippen LogP contribution in [0.15, 0.2) is 52.7 Å². The van der Waals surface area contributed by atoms with Crippen LogP contribution in [0, 0.1) is 0 Å². The topological polar surface area (TPSA) is 12.4 Å². The first-order valence-corrected chi connectivity index (χ1v) is 6.50. The van der Waals surface area contributed by atoms with Crippen LogP contribution >= 0.6 is 0 Å². The second-order valence-corrected chi connectivity index (χ2v) is 4.65. The maximum atomic E-state index is 4.42. The van der Waals surface area contributed by atoms with Crippen molar-refractivity contribution in [2.45, 2.75) is 40.5 Å². The van der Waals surface area contributed by atoms with Crippen molar-refractivity contribution < 1.29 is 0 Å². The van der Waals surface area contributed by atoms with Crippen molar-refractivity contribution in [3.63, 3.8) is 0 Å². The Morgan fingerprint density at radius 3 is 2.50 bits per heavy atom. The van der Waals surface area contributed by atoms with Crippen LogP contribution in [-0.4, -0.2) is 6.21 Å². The van der Waals surface area contributed by atoms with Crippen molar-refractivity contribution in [2.24, 2.45) is 4.99 Å². The van der Waals surface area contributed by atoms with E-state index in [2.05, 4.69) is 49.7 Å². The lowest BCUT2D eigenvalue weighted by molar-refractivity contribution is 1.06. The van der Waals surface area contributed by atoms with Gasteiger partial charge in [-0.3, -0.25) is 4.99 Å². The summed E-state index contributed by atoms with van der Waals surface area (Å²) in [5, 5.41) is 0. The molecule has 96 valence electrons. The van der Waals surface area contributed by atoms with E-state index in [0.717, 1.165) is 24.1 Å². The van der Waals surface area contributed by atoms with Crippen molar-refractivity contribution >= 4 is 6.21 Å². The Bertz CT molecular complexity index is 478. The van der Waals surface area contributed by atoms with Crippen LogP contribution in [0.25, 0.3) is 0 Å². The summed E-state index contributed by atoms with van der Waals surface area (Å²) in [6.07, 6.45) is 3.85. The molecule has 0 aliphatic heterocycles. The number of benzene rings is 1. The highest BCUT2D eigenvalue weighted by molar-refractivity contribution is 5.57. The van der Waals surface area contributed by atoms with E-state index < -0.39 is 0 Å². The molecule has 1 aromatic rings. The second-order valence-electron chi connectivity index (χ2n) is 4.65. The van der Waals surface area contributed by atoms with Crippen molar-refractivity contribution in [3.05, 3.63) is 58.8 Å². The van der Waals surface area contributed by atoms with Crippen molar-refractivity contribution in [2.75, 3.05) is 0 Å². The molecule has 0 unspecified atom stereocenters. The molecule has 0 aliphatic carbocycles. The summed E-state index contributed by atoms with van der Waals surface area (Å²) in [6.45, 7) is 12.3. The molecule has 0 atom stereocenters. The quantitative estimate of drug-likeness (QED) is 0.522. The van der Waals surface area contributed by atoms with E-state index in [0.29, 0.717) is 0 Å². The van der Waals surface area contributed by atoms with Gasteiger partial charge in [-0.05, 0) is 55.9 Å². The Morgan fingerprint density at radius 1 is 1.28 bits per heavy atom. The lowest BCUT2D eigenvalue weighted by atomic mass is 10.00. The molecule has 1 heteroatoms. The van der Waals surface area contributed by atoms with Gasteiger partial charge in [-0.2, -0.15) is 0 Å². The van der Waals surface area contributed by atoms with Gasteiger partial charge >= 0.3 is 0 Å². The minimum absolute atomic E-state index is 0.938. The number of hydrogen-bond acceptors (Lipinski definition) is 1. The lowest BCUT2D eigenvalue weighted by Crippen LogP contribution is -1.94. The van der Waals surface area contributed by atoms with Crippen LogP contribution in [0.2, 0.25) is 0 Å². The molecule has 0 spiro atoms. The highest BCUT2D eigenvalue weighted by Crippen LogP contribution is 2.19. The minimum Gasteiger partial charge on any atom is -0.261 e. The van der Waals surface area contributed by atoms with Gasteiger partial charge in [0.15, 0.2) is 0 Å². The van der Waals surface area contributed by atoms with Gasteiger partial charge in [-0.15, -0.1) is 0 Å². The Balaban J connectivity index is 3.00. The second kappa shape index (κ2) is 6.95. The molecule has 0 fully saturated rings. The summed E-state index contributed by atoms with van der Waals surface area (Å²) in [5.41, 5.74) is 6.05. The number of aliphatic imine (C=N–C) groups is 1. The number of rotatable bonds is 5. The third-order valence-corrected chi connectivity index (χ3v) is 2.94. The van der Waals surface area contributed by atoms with Crippen LogP contribution < -0.4 is 0 Å². The van der Waals surface area contributed by atoms with Gasteiger partial charge in [0, 0.05) is 6.21 Å². The highest BCUT2D eigenvalue weighted by Gasteiger charge is 2.03. The van der Waals surface area contributed by atoms with E-state index in [-0.39, 0.29) is 0 Å². The van der Waals surface area contributed by atoms with Gasteiger partial charge in [-0.25, -0.2) is 0 Å². The van der Waals surface area contributed by atoms with E-state index >= 15 is 0 Å². The summed E-state index contributed by atoms with van der Waals surface area (Å²) < 4.78 is 0. The van der Waals surface area contributed by atoms with Crippen LogP contribution in [0.3, 0.4) is 0 Å². The molecule has 0 bridgehead atoms. The molecule has 1 aromatic carbocycles. The largest absolute Gasteiger partial charge is 0.261 e. The molecule has 1 nitrogen and oxygen atoms in total. The maximum absolute atomic E-state index is 4.42. The van der Waals surface area contributed by atoms with Gasteiger partial charge in [0.2, 0.25) is 0 Å². The standard InChI is InChI=1S/C17H23N/c1-6-15-9-8-10-16(12-15)11-14(5)17(13(3)4)18-7-2/h7-10,12H,3,6,11H2,1-2,4-5H3/b17-14-,18-7-. The zero-order valence-corrected chi connectivity index (χ0v) is 12.0. The summed E-state index contributed by atoms with van der Waals surface area (Å²) >= 11 is 0. The first-order valence-electron chi connectivity index (χ1n) is 6.50. The number of aryl methyl sites for hydroxylation is 1. The molecule has 0 heterocycles. The number of allylic oxidation sites excluding steroid dienone is 2. The van der Waals surface area contributed by atoms with E-state index in [1.54, 1.807) is 0 Å². The Morgan fingerprint density at radius 2 is 1.94 bits per heavy atom. The third-order valence-electron chi connectivity index (χ3n) is 2.94. The van der Waals surface area contributed by atoms with E-state index in [1.807, 2.05) is 20.1 Å². The van der Waals surface area contributed by atoms with Crippen LogP contribution in [-0.2, 0) is 12.8 Å². The van der Waals surface area contributed by atoms with Crippen molar-refractivity contribution in [3.8, 4) is 0 Å². The van der Waals surface area contributed by atoms with Gasteiger partial charge < -0.3 is 0 Å². The first-order chi connectivity index (χ1) is 8.58. The minimum atomic E-state index is 0.938. The summed E-state index contributed by atoms with van der Waals surface area (Å²) in [6, 6.07) is 8.75. The summed E-state index contributed by atoms with van der Waals surface area (Å²) in [7, 11) is 0. The predicted molar refractivity (Wildman–Crippen MR) is 81.2 cm³/mol. The maximum Gasteiger partial charge on any atom is 0.0641 e.